The molecule has 1 aliphatic carbocycles. The molecule has 8 heteroatoms. The molecule has 3 rings (SSSR count). The Labute approximate surface area is 132 Å². The number of amides is 2. The van der Waals surface area contributed by atoms with Gasteiger partial charge in [0.1, 0.15) is 5.41 Å². The van der Waals surface area contributed by atoms with Gasteiger partial charge in [0.25, 0.3) is 0 Å². The van der Waals surface area contributed by atoms with Crippen LogP contribution in [0.25, 0.3) is 0 Å². The molecular formula is C15H21F3N2O3. The van der Waals surface area contributed by atoms with E-state index in [1.54, 1.807) is 0 Å². The fourth-order valence-electron chi connectivity index (χ4n) is 4.18. The maximum Gasteiger partial charge on any atom is 0.403 e. The van der Waals surface area contributed by atoms with Crippen LogP contribution < -0.4 is 5.32 Å². The second kappa shape index (κ2) is 5.36. The summed E-state index contributed by atoms with van der Waals surface area (Å²) in [6.45, 7) is 0.897. The molecule has 0 aromatic rings. The van der Waals surface area contributed by atoms with Crippen LogP contribution in [0.1, 0.15) is 25.7 Å². The predicted molar refractivity (Wildman–Crippen MR) is 74.3 cm³/mol. The zero-order valence-corrected chi connectivity index (χ0v) is 13.0. The van der Waals surface area contributed by atoms with Gasteiger partial charge < -0.3 is 15.0 Å². The predicted octanol–water partition coefficient (Wildman–Crippen LogP) is 1.33. The first-order valence-electron chi connectivity index (χ1n) is 7.93. The summed E-state index contributed by atoms with van der Waals surface area (Å²) in [6.07, 6.45) is -4.00. The third-order valence-electron chi connectivity index (χ3n) is 5.83. The summed E-state index contributed by atoms with van der Waals surface area (Å²) in [7, 11) is 1.51. The van der Waals surface area contributed by atoms with Gasteiger partial charge in [-0.05, 0) is 19.3 Å². The lowest BCUT2D eigenvalue weighted by Gasteiger charge is -2.43. The van der Waals surface area contributed by atoms with Crippen LogP contribution in [0.3, 0.4) is 0 Å². The Hall–Kier alpha value is -1.31. The summed E-state index contributed by atoms with van der Waals surface area (Å²) >= 11 is 0. The molecule has 2 saturated heterocycles. The number of nitrogens with zero attached hydrogens (tertiary/aromatic N) is 1. The number of nitrogens with one attached hydrogen (secondary N) is 1. The van der Waals surface area contributed by atoms with Crippen LogP contribution in [0.4, 0.5) is 13.2 Å². The van der Waals surface area contributed by atoms with Gasteiger partial charge in [0.15, 0.2) is 0 Å². The topological polar surface area (TPSA) is 58.6 Å². The van der Waals surface area contributed by atoms with Crippen LogP contribution in [-0.4, -0.2) is 56.2 Å². The van der Waals surface area contributed by atoms with E-state index < -0.39 is 22.9 Å². The van der Waals surface area contributed by atoms with E-state index in [-0.39, 0.29) is 37.8 Å². The number of fused-ring (bicyclic) bond motifs is 1. The Kier molecular flexibility index (Phi) is 3.85. The number of rotatable bonds is 2. The lowest BCUT2D eigenvalue weighted by Crippen LogP contribution is -2.56. The average Bonchev–Trinajstić information content (AvgIpc) is 2.84. The van der Waals surface area contributed by atoms with Crippen molar-refractivity contribution >= 4 is 11.8 Å². The average molecular weight is 334 g/mol. The molecule has 23 heavy (non-hydrogen) atoms. The zero-order chi connectivity index (χ0) is 16.9. The minimum atomic E-state index is -4.53. The molecule has 0 radical (unpaired) electrons. The number of ether oxygens (including phenoxy) is 1. The number of hydrogen-bond acceptors (Lipinski definition) is 3. The fraction of sp³-hybridized carbons (Fsp3) is 0.867. The van der Waals surface area contributed by atoms with Gasteiger partial charge in [-0.15, -0.1) is 0 Å². The van der Waals surface area contributed by atoms with Gasteiger partial charge in [0.05, 0.1) is 12.0 Å². The van der Waals surface area contributed by atoms with Crippen molar-refractivity contribution in [3.8, 4) is 0 Å². The summed E-state index contributed by atoms with van der Waals surface area (Å²) in [5.74, 6) is -1.32. The third kappa shape index (κ3) is 2.25. The summed E-state index contributed by atoms with van der Waals surface area (Å²) in [4.78, 5) is 26.2. The molecule has 5 nitrogen and oxygen atoms in total. The van der Waals surface area contributed by atoms with Crippen molar-refractivity contribution in [2.45, 2.75) is 31.9 Å². The molecular weight excluding hydrogens is 313 g/mol. The first kappa shape index (κ1) is 16.5. The number of alkyl halides is 3. The van der Waals surface area contributed by atoms with E-state index in [0.717, 1.165) is 0 Å². The maximum absolute atomic E-state index is 13.4. The van der Waals surface area contributed by atoms with E-state index in [1.807, 2.05) is 0 Å². The van der Waals surface area contributed by atoms with Gasteiger partial charge in [-0.1, -0.05) is 6.42 Å². The molecule has 3 fully saturated rings. The van der Waals surface area contributed by atoms with E-state index in [4.69, 9.17) is 4.74 Å². The summed E-state index contributed by atoms with van der Waals surface area (Å²) in [6, 6.07) is 0. The monoisotopic (exact) mass is 334 g/mol. The number of halogens is 3. The van der Waals surface area contributed by atoms with Crippen molar-refractivity contribution < 1.29 is 27.5 Å². The van der Waals surface area contributed by atoms with Gasteiger partial charge in [0, 0.05) is 32.7 Å². The highest BCUT2D eigenvalue weighted by molar-refractivity contribution is 5.88. The molecule has 0 bridgehead atoms. The maximum atomic E-state index is 13.4. The quantitative estimate of drug-likeness (QED) is 0.829. The fourth-order valence-corrected chi connectivity index (χ4v) is 4.18. The van der Waals surface area contributed by atoms with Crippen LogP contribution >= 0.6 is 0 Å². The first-order valence-corrected chi connectivity index (χ1v) is 7.93. The molecule has 130 valence electrons. The molecule has 0 aromatic carbocycles. The van der Waals surface area contributed by atoms with Crippen molar-refractivity contribution in [3.63, 3.8) is 0 Å². The van der Waals surface area contributed by atoms with Crippen LogP contribution in [-0.2, 0) is 14.3 Å². The minimum absolute atomic E-state index is 0.0529. The minimum Gasteiger partial charge on any atom is -0.381 e. The van der Waals surface area contributed by atoms with Crippen LogP contribution in [0, 0.1) is 16.7 Å². The van der Waals surface area contributed by atoms with Crippen molar-refractivity contribution in [1.82, 2.24) is 10.2 Å². The molecule has 2 amide bonds. The highest BCUT2D eigenvalue weighted by atomic mass is 19.4. The normalized spacial score (nSPS) is 32.9. The Balaban J connectivity index is 1.85. The molecule has 0 aromatic heterocycles. The molecule has 3 aliphatic rings. The molecule has 1 N–H and O–H groups in total. The second-order valence-electron chi connectivity index (χ2n) is 6.88. The van der Waals surface area contributed by atoms with Gasteiger partial charge in [0.2, 0.25) is 11.8 Å². The summed E-state index contributed by atoms with van der Waals surface area (Å²) < 4.78 is 45.6. The summed E-state index contributed by atoms with van der Waals surface area (Å²) in [5, 5.41) is 2.60. The zero-order valence-electron chi connectivity index (χ0n) is 13.0. The molecule has 2 atom stereocenters. The number of carbonyl (C=O) groups excluding carboxylic acids is 2. The SMILES string of the molecule is CNC(=O)[C@]12CCOC[C@H]1CN(C(=O)C1(C(F)(F)F)CCC1)C2. The van der Waals surface area contributed by atoms with Crippen molar-refractivity contribution in [3.05, 3.63) is 0 Å². The highest BCUT2D eigenvalue weighted by Crippen LogP contribution is 2.55. The third-order valence-corrected chi connectivity index (χ3v) is 5.83. The van der Waals surface area contributed by atoms with Crippen LogP contribution in [0.2, 0.25) is 0 Å². The van der Waals surface area contributed by atoms with E-state index in [0.29, 0.717) is 26.1 Å². The molecule has 0 unspecified atom stereocenters. The lowest BCUT2D eigenvalue weighted by molar-refractivity contribution is -0.248. The Bertz CT molecular complexity index is 519. The second-order valence-corrected chi connectivity index (χ2v) is 6.88. The molecule has 2 aliphatic heterocycles. The number of carbonyl (C=O) groups is 2. The molecule has 1 saturated carbocycles. The Morgan fingerprint density at radius 2 is 1.96 bits per heavy atom. The molecule has 2 heterocycles. The van der Waals surface area contributed by atoms with E-state index in [2.05, 4.69) is 5.32 Å². The summed E-state index contributed by atoms with van der Waals surface area (Å²) in [5.41, 5.74) is -3.07. The molecule has 0 spiro atoms. The van der Waals surface area contributed by atoms with Crippen molar-refractivity contribution in [1.29, 1.82) is 0 Å². The Morgan fingerprint density at radius 3 is 2.48 bits per heavy atom. The lowest BCUT2D eigenvalue weighted by atomic mass is 9.67. The largest absolute Gasteiger partial charge is 0.403 e. The van der Waals surface area contributed by atoms with Gasteiger partial charge in [-0.2, -0.15) is 13.2 Å². The van der Waals surface area contributed by atoms with Crippen LogP contribution in [0.5, 0.6) is 0 Å². The smallest absolute Gasteiger partial charge is 0.381 e. The van der Waals surface area contributed by atoms with E-state index in [9.17, 15) is 22.8 Å². The van der Waals surface area contributed by atoms with Gasteiger partial charge in [-0.3, -0.25) is 9.59 Å². The van der Waals surface area contributed by atoms with Crippen molar-refractivity contribution in [2.75, 3.05) is 33.4 Å². The van der Waals surface area contributed by atoms with Gasteiger partial charge >= 0.3 is 6.18 Å². The number of likely N-dealkylation sites (tertiary alicyclic amines) is 1. The van der Waals surface area contributed by atoms with E-state index in [1.165, 1.54) is 11.9 Å². The Morgan fingerprint density at radius 1 is 1.26 bits per heavy atom. The van der Waals surface area contributed by atoms with Crippen molar-refractivity contribution in [2.24, 2.45) is 16.7 Å². The highest BCUT2D eigenvalue weighted by Gasteiger charge is 2.66. The number of hydrogen-bond donors (Lipinski definition) is 1. The first-order chi connectivity index (χ1) is 10.8. The van der Waals surface area contributed by atoms with Crippen LogP contribution in [0.15, 0.2) is 0 Å². The van der Waals surface area contributed by atoms with Gasteiger partial charge in [-0.25, -0.2) is 0 Å². The van der Waals surface area contributed by atoms with E-state index >= 15 is 0 Å². The standard InChI is InChI=1S/C15H21F3N2O3/c1-19-11(21)13-5-6-23-8-10(13)7-20(9-13)12(22)14(3-2-4-14)15(16,17)18/h10H,2-9H2,1H3,(H,19,21)/t10-,13+/m1/s1.